The maximum absolute atomic E-state index is 5.71. The first kappa shape index (κ1) is 10.6. The van der Waals surface area contributed by atoms with E-state index in [0.29, 0.717) is 28.6 Å². The molecule has 0 bridgehead atoms. The van der Waals surface area contributed by atoms with Crippen LogP contribution in [0.4, 0.5) is 11.4 Å². The third-order valence-corrected chi connectivity index (χ3v) is 2.64. The molecule has 0 saturated heterocycles. The minimum atomic E-state index is 0.244. The van der Waals surface area contributed by atoms with Crippen LogP contribution in [0.15, 0.2) is 36.4 Å². The van der Waals surface area contributed by atoms with E-state index in [4.69, 9.17) is 25.7 Å². The molecule has 5 nitrogen and oxygen atoms in total. The number of benzene rings is 2. The molecule has 0 unspecified atom stereocenters. The second-order valence-electron chi connectivity index (χ2n) is 3.91. The largest absolute Gasteiger partial charge is 0.457 e. The van der Waals surface area contributed by atoms with Crippen molar-refractivity contribution >= 4 is 11.4 Å². The molecule has 0 atom stereocenters. The SMILES string of the molecule is Nc1ccc(Oc2ccc3c(c2)OCO3)cc1N. The summed E-state index contributed by atoms with van der Waals surface area (Å²) in [5, 5.41) is 0. The molecule has 2 aromatic carbocycles. The molecule has 0 amide bonds. The fraction of sp³-hybridized carbons (Fsp3) is 0.0769. The Morgan fingerprint density at radius 2 is 1.56 bits per heavy atom. The highest BCUT2D eigenvalue weighted by atomic mass is 16.7. The monoisotopic (exact) mass is 244 g/mol. The summed E-state index contributed by atoms with van der Waals surface area (Å²) in [5.41, 5.74) is 12.4. The second kappa shape index (κ2) is 4.03. The fourth-order valence-corrected chi connectivity index (χ4v) is 1.69. The van der Waals surface area contributed by atoms with Crippen LogP contribution in [-0.4, -0.2) is 6.79 Å². The van der Waals surface area contributed by atoms with Crippen LogP contribution in [0.5, 0.6) is 23.0 Å². The van der Waals surface area contributed by atoms with Gasteiger partial charge in [0.05, 0.1) is 11.4 Å². The molecule has 0 fully saturated rings. The van der Waals surface area contributed by atoms with Gasteiger partial charge in [-0.25, -0.2) is 0 Å². The number of anilines is 2. The molecule has 2 aromatic rings. The Morgan fingerprint density at radius 1 is 0.833 bits per heavy atom. The van der Waals surface area contributed by atoms with Crippen LogP contribution in [-0.2, 0) is 0 Å². The molecule has 5 heteroatoms. The van der Waals surface area contributed by atoms with Gasteiger partial charge in [0.2, 0.25) is 6.79 Å². The lowest BCUT2D eigenvalue weighted by molar-refractivity contribution is 0.174. The highest BCUT2D eigenvalue weighted by Crippen LogP contribution is 2.37. The van der Waals surface area contributed by atoms with E-state index in [0.717, 1.165) is 5.75 Å². The zero-order valence-electron chi connectivity index (χ0n) is 9.55. The smallest absolute Gasteiger partial charge is 0.231 e. The molecule has 0 aromatic heterocycles. The van der Waals surface area contributed by atoms with Crippen LogP contribution < -0.4 is 25.7 Å². The highest BCUT2D eigenvalue weighted by Gasteiger charge is 2.14. The van der Waals surface area contributed by atoms with Crippen LogP contribution in [0, 0.1) is 0 Å². The van der Waals surface area contributed by atoms with Gasteiger partial charge in [0.15, 0.2) is 11.5 Å². The molecule has 1 aliphatic heterocycles. The molecular formula is C13H12N2O3. The van der Waals surface area contributed by atoms with Gasteiger partial charge in [-0.05, 0) is 24.3 Å². The predicted molar refractivity (Wildman–Crippen MR) is 67.9 cm³/mol. The molecule has 18 heavy (non-hydrogen) atoms. The topological polar surface area (TPSA) is 79.7 Å². The van der Waals surface area contributed by atoms with Crippen molar-refractivity contribution in [3.05, 3.63) is 36.4 Å². The van der Waals surface area contributed by atoms with Gasteiger partial charge in [-0.1, -0.05) is 0 Å². The first-order valence-corrected chi connectivity index (χ1v) is 5.45. The van der Waals surface area contributed by atoms with E-state index >= 15 is 0 Å². The van der Waals surface area contributed by atoms with Gasteiger partial charge >= 0.3 is 0 Å². The Kier molecular flexibility index (Phi) is 2.37. The minimum absolute atomic E-state index is 0.244. The molecule has 1 heterocycles. The summed E-state index contributed by atoms with van der Waals surface area (Å²) in [6.45, 7) is 0.244. The summed E-state index contributed by atoms with van der Waals surface area (Å²) in [5.74, 6) is 2.68. The van der Waals surface area contributed by atoms with E-state index in [-0.39, 0.29) is 6.79 Å². The molecule has 0 radical (unpaired) electrons. The summed E-state index contributed by atoms with van der Waals surface area (Å²) in [7, 11) is 0. The maximum atomic E-state index is 5.71. The van der Waals surface area contributed by atoms with Crippen molar-refractivity contribution in [2.24, 2.45) is 0 Å². The van der Waals surface area contributed by atoms with Crippen LogP contribution in [0.3, 0.4) is 0 Å². The number of nitrogens with two attached hydrogens (primary N) is 2. The van der Waals surface area contributed by atoms with E-state index in [9.17, 15) is 0 Å². The molecule has 3 rings (SSSR count). The summed E-state index contributed by atoms with van der Waals surface area (Å²) >= 11 is 0. The Labute approximate surface area is 104 Å². The quantitative estimate of drug-likeness (QED) is 0.793. The molecule has 0 aliphatic carbocycles. The Bertz CT molecular complexity index is 599. The normalized spacial score (nSPS) is 12.4. The van der Waals surface area contributed by atoms with Crippen LogP contribution >= 0.6 is 0 Å². The number of rotatable bonds is 2. The molecular weight excluding hydrogens is 232 g/mol. The van der Waals surface area contributed by atoms with Crippen molar-refractivity contribution in [1.29, 1.82) is 0 Å². The van der Waals surface area contributed by atoms with Gasteiger partial charge in [0.1, 0.15) is 11.5 Å². The molecule has 0 spiro atoms. The summed E-state index contributed by atoms with van der Waals surface area (Å²) in [4.78, 5) is 0. The lowest BCUT2D eigenvalue weighted by Crippen LogP contribution is -1.94. The van der Waals surface area contributed by atoms with Crippen molar-refractivity contribution in [3.8, 4) is 23.0 Å². The van der Waals surface area contributed by atoms with Gasteiger partial charge < -0.3 is 25.7 Å². The Morgan fingerprint density at radius 3 is 2.39 bits per heavy atom. The Hall–Kier alpha value is -2.56. The van der Waals surface area contributed by atoms with Crippen LogP contribution in [0.1, 0.15) is 0 Å². The number of nitrogen functional groups attached to an aromatic ring is 2. The van der Waals surface area contributed by atoms with Gasteiger partial charge in [-0.15, -0.1) is 0 Å². The van der Waals surface area contributed by atoms with E-state index in [2.05, 4.69) is 0 Å². The van der Waals surface area contributed by atoms with E-state index in [1.807, 2.05) is 0 Å². The van der Waals surface area contributed by atoms with Gasteiger partial charge in [-0.3, -0.25) is 0 Å². The predicted octanol–water partition coefficient (Wildman–Crippen LogP) is 2.37. The maximum Gasteiger partial charge on any atom is 0.231 e. The third kappa shape index (κ3) is 1.86. The molecule has 4 N–H and O–H groups in total. The van der Waals surface area contributed by atoms with E-state index < -0.39 is 0 Å². The van der Waals surface area contributed by atoms with Crippen molar-refractivity contribution < 1.29 is 14.2 Å². The van der Waals surface area contributed by atoms with Crippen molar-refractivity contribution in [1.82, 2.24) is 0 Å². The lowest BCUT2D eigenvalue weighted by atomic mass is 10.2. The van der Waals surface area contributed by atoms with Crippen molar-refractivity contribution in [2.45, 2.75) is 0 Å². The van der Waals surface area contributed by atoms with Gasteiger partial charge in [0.25, 0.3) is 0 Å². The second-order valence-corrected chi connectivity index (χ2v) is 3.91. The zero-order valence-corrected chi connectivity index (χ0v) is 9.55. The first-order valence-electron chi connectivity index (χ1n) is 5.45. The number of hydrogen-bond acceptors (Lipinski definition) is 5. The number of ether oxygens (including phenoxy) is 3. The van der Waals surface area contributed by atoms with Crippen molar-refractivity contribution in [2.75, 3.05) is 18.3 Å². The highest BCUT2D eigenvalue weighted by molar-refractivity contribution is 5.65. The summed E-state index contributed by atoms with van der Waals surface area (Å²) in [6.07, 6.45) is 0. The average molecular weight is 244 g/mol. The van der Waals surface area contributed by atoms with E-state index in [1.54, 1.807) is 36.4 Å². The minimum Gasteiger partial charge on any atom is -0.457 e. The third-order valence-electron chi connectivity index (χ3n) is 2.64. The molecule has 92 valence electrons. The summed E-state index contributed by atoms with van der Waals surface area (Å²) < 4.78 is 16.2. The standard InChI is InChI=1S/C13H12N2O3/c14-10-3-1-8(5-11(10)15)18-9-2-4-12-13(6-9)17-7-16-12/h1-6H,7,14-15H2. The number of fused-ring (bicyclic) bond motifs is 1. The van der Waals surface area contributed by atoms with Crippen molar-refractivity contribution in [3.63, 3.8) is 0 Å². The van der Waals surface area contributed by atoms with Crippen LogP contribution in [0.25, 0.3) is 0 Å². The van der Waals surface area contributed by atoms with E-state index in [1.165, 1.54) is 0 Å². The first-order chi connectivity index (χ1) is 8.72. The molecule has 0 saturated carbocycles. The molecule has 1 aliphatic rings. The van der Waals surface area contributed by atoms with Gasteiger partial charge in [0, 0.05) is 12.1 Å². The average Bonchev–Trinajstić information content (AvgIpc) is 2.81. The zero-order chi connectivity index (χ0) is 12.5. The van der Waals surface area contributed by atoms with Crippen LogP contribution in [0.2, 0.25) is 0 Å². The lowest BCUT2D eigenvalue weighted by Gasteiger charge is -2.08. The fourth-order valence-electron chi connectivity index (χ4n) is 1.69. The van der Waals surface area contributed by atoms with Gasteiger partial charge in [-0.2, -0.15) is 0 Å². The number of hydrogen-bond donors (Lipinski definition) is 2. The summed E-state index contributed by atoms with van der Waals surface area (Å²) in [6, 6.07) is 10.5. The Balaban J connectivity index is 1.85.